The summed E-state index contributed by atoms with van der Waals surface area (Å²) in [7, 11) is 0. The van der Waals surface area contributed by atoms with Gasteiger partial charge in [0.2, 0.25) is 0 Å². The summed E-state index contributed by atoms with van der Waals surface area (Å²) in [6.45, 7) is -3.47. The van der Waals surface area contributed by atoms with Crippen molar-refractivity contribution in [2.75, 3.05) is 13.2 Å². The molecule has 4 aromatic rings. The summed E-state index contributed by atoms with van der Waals surface area (Å²) in [6.07, 6.45) is 2.95. The first-order valence-electron chi connectivity index (χ1n) is 12.8. The first-order chi connectivity index (χ1) is 20.2. The van der Waals surface area contributed by atoms with Gasteiger partial charge in [0, 0.05) is 16.7 Å². The van der Waals surface area contributed by atoms with Crippen molar-refractivity contribution < 1.29 is 42.0 Å². The van der Waals surface area contributed by atoms with Crippen LogP contribution in [-0.2, 0) is 20.7 Å². The zero-order chi connectivity index (χ0) is 29.8. The lowest BCUT2D eigenvalue weighted by Gasteiger charge is -2.21. The van der Waals surface area contributed by atoms with Gasteiger partial charge < -0.3 is 24.2 Å². The van der Waals surface area contributed by atoms with Crippen LogP contribution in [0.5, 0.6) is 11.5 Å². The Kier molecular flexibility index (Phi) is 9.30. The molecule has 0 amide bonds. The maximum absolute atomic E-state index is 13.0. The van der Waals surface area contributed by atoms with Crippen LogP contribution in [0.1, 0.15) is 39.7 Å². The third-order valence-corrected chi connectivity index (χ3v) is 8.14. The maximum atomic E-state index is 13.0. The van der Waals surface area contributed by atoms with E-state index in [1.165, 1.54) is 29.5 Å². The molecular formula is C29H23Cl2F2NO7S. The molecule has 42 heavy (non-hydrogen) atoms. The Labute approximate surface area is 252 Å². The fraction of sp³-hybridized carbons (Fsp3) is 0.276. The zero-order valence-electron chi connectivity index (χ0n) is 21.8. The van der Waals surface area contributed by atoms with Crippen LogP contribution < -0.4 is 14.2 Å². The van der Waals surface area contributed by atoms with Crippen LogP contribution in [0.2, 0.25) is 10.0 Å². The molecule has 1 fully saturated rings. The van der Waals surface area contributed by atoms with E-state index in [4.69, 9.17) is 37.4 Å². The highest BCUT2D eigenvalue weighted by Crippen LogP contribution is 2.38. The van der Waals surface area contributed by atoms with Crippen molar-refractivity contribution in [1.29, 1.82) is 0 Å². The van der Waals surface area contributed by atoms with E-state index in [2.05, 4.69) is 4.74 Å². The molecule has 220 valence electrons. The van der Waals surface area contributed by atoms with E-state index < -0.39 is 31.3 Å². The van der Waals surface area contributed by atoms with Crippen molar-refractivity contribution in [2.24, 2.45) is 5.92 Å². The predicted octanol–water partition coefficient (Wildman–Crippen LogP) is 6.92. The molecule has 0 radical (unpaired) electrons. The van der Waals surface area contributed by atoms with Crippen molar-refractivity contribution in [3.05, 3.63) is 92.2 Å². The number of pyridine rings is 1. The molecule has 2 heterocycles. The number of esters is 2. The average Bonchev–Trinajstić information content (AvgIpc) is 3.67. The SMILES string of the molecule is O=C(COC(=O)c1cc2ccccc2s1)O[C@@H](Cc1c(Cl)c[n+]([O-])cc1Cl)c1ccc(OC(F)F)c(OCC2CC2)c1. The van der Waals surface area contributed by atoms with Gasteiger partial charge >= 0.3 is 18.6 Å². The van der Waals surface area contributed by atoms with Gasteiger partial charge in [-0.25, -0.2) is 9.59 Å². The number of alkyl halides is 2. The maximum Gasteiger partial charge on any atom is 0.387 e. The van der Waals surface area contributed by atoms with Gasteiger partial charge in [-0.3, -0.25) is 0 Å². The second-order valence-electron chi connectivity index (χ2n) is 9.54. The number of rotatable bonds is 12. The number of nitrogens with zero attached hydrogens (tertiary/aromatic N) is 1. The Balaban J connectivity index is 1.36. The molecule has 0 bridgehead atoms. The van der Waals surface area contributed by atoms with Gasteiger partial charge in [-0.15, -0.1) is 11.3 Å². The summed E-state index contributed by atoms with van der Waals surface area (Å²) in [5.74, 6) is -1.40. The monoisotopic (exact) mass is 637 g/mol. The van der Waals surface area contributed by atoms with E-state index in [9.17, 15) is 23.6 Å². The van der Waals surface area contributed by atoms with E-state index in [1.807, 2.05) is 24.3 Å². The van der Waals surface area contributed by atoms with E-state index in [1.54, 1.807) is 6.07 Å². The van der Waals surface area contributed by atoms with Crippen LogP contribution in [0.15, 0.2) is 60.9 Å². The van der Waals surface area contributed by atoms with Gasteiger partial charge in [-0.2, -0.15) is 13.5 Å². The molecule has 8 nitrogen and oxygen atoms in total. The summed E-state index contributed by atoms with van der Waals surface area (Å²) in [5, 5.41) is 12.7. The molecule has 1 aliphatic carbocycles. The minimum Gasteiger partial charge on any atom is -0.619 e. The topological polar surface area (TPSA) is 98.0 Å². The summed E-state index contributed by atoms with van der Waals surface area (Å²) in [5.41, 5.74) is 0.649. The van der Waals surface area contributed by atoms with E-state index in [-0.39, 0.29) is 28.0 Å². The van der Waals surface area contributed by atoms with Crippen LogP contribution in [0.4, 0.5) is 8.78 Å². The molecule has 1 saturated carbocycles. The Morgan fingerprint density at radius 2 is 1.79 bits per heavy atom. The van der Waals surface area contributed by atoms with E-state index in [0.29, 0.717) is 33.3 Å². The van der Waals surface area contributed by atoms with Crippen LogP contribution in [0.3, 0.4) is 0 Å². The third-order valence-electron chi connectivity index (χ3n) is 6.40. The molecule has 0 saturated heterocycles. The van der Waals surface area contributed by atoms with Gasteiger partial charge in [0.05, 0.1) is 6.61 Å². The second-order valence-corrected chi connectivity index (χ2v) is 11.4. The fourth-order valence-electron chi connectivity index (χ4n) is 4.13. The number of ether oxygens (including phenoxy) is 4. The van der Waals surface area contributed by atoms with E-state index in [0.717, 1.165) is 35.3 Å². The molecule has 0 N–H and O–H groups in total. The lowest BCUT2D eigenvalue weighted by molar-refractivity contribution is -0.605. The van der Waals surface area contributed by atoms with Gasteiger partial charge in [0.15, 0.2) is 30.5 Å². The first-order valence-corrected chi connectivity index (χ1v) is 14.4. The Morgan fingerprint density at radius 3 is 2.48 bits per heavy atom. The number of hydrogen-bond donors (Lipinski definition) is 0. The molecule has 1 atom stereocenters. The number of carbonyl (C=O) groups is 2. The van der Waals surface area contributed by atoms with Gasteiger partial charge in [0.25, 0.3) is 0 Å². The lowest BCUT2D eigenvalue weighted by atomic mass is 10.0. The Hall–Kier alpha value is -3.67. The number of carbonyl (C=O) groups excluding carboxylic acids is 2. The highest BCUT2D eigenvalue weighted by atomic mass is 35.5. The van der Waals surface area contributed by atoms with Crippen LogP contribution in [0, 0.1) is 11.1 Å². The van der Waals surface area contributed by atoms with Crippen molar-refractivity contribution in [1.82, 2.24) is 0 Å². The number of fused-ring (bicyclic) bond motifs is 1. The van der Waals surface area contributed by atoms with Crippen LogP contribution >= 0.6 is 34.5 Å². The van der Waals surface area contributed by atoms with Crippen molar-refractivity contribution >= 4 is 56.6 Å². The molecule has 2 aromatic heterocycles. The minimum atomic E-state index is -3.08. The second kappa shape index (κ2) is 13.1. The Morgan fingerprint density at radius 1 is 1.05 bits per heavy atom. The third kappa shape index (κ3) is 7.58. The summed E-state index contributed by atoms with van der Waals surface area (Å²) in [4.78, 5) is 25.8. The number of hydrogen-bond acceptors (Lipinski definition) is 8. The molecule has 1 aliphatic rings. The standard InChI is InChI=1S/C29H23Cl2F2NO7S/c30-20-12-34(37)13-21(31)19(20)11-23(17-7-8-22(41-29(32)33)24(9-17)38-14-16-5-6-16)40-27(35)15-39-28(36)26-10-18-3-1-2-4-25(18)42-26/h1-4,7-10,12-13,16,23,29H,5-6,11,14-15H2/t23-/m0/s1. The number of aromatic nitrogens is 1. The quantitative estimate of drug-likeness (QED) is 0.0945. The predicted molar refractivity (Wildman–Crippen MR) is 151 cm³/mol. The highest BCUT2D eigenvalue weighted by molar-refractivity contribution is 7.20. The minimum absolute atomic E-state index is 0.0256. The molecule has 0 unspecified atom stereocenters. The van der Waals surface area contributed by atoms with Crippen LogP contribution in [0.25, 0.3) is 10.1 Å². The number of benzene rings is 2. The van der Waals surface area contributed by atoms with Crippen molar-refractivity contribution in [3.8, 4) is 11.5 Å². The summed E-state index contributed by atoms with van der Waals surface area (Å²) in [6, 6.07) is 13.2. The number of thiophene rings is 1. The smallest absolute Gasteiger partial charge is 0.387 e. The molecule has 0 aliphatic heterocycles. The molecular weight excluding hydrogens is 615 g/mol. The van der Waals surface area contributed by atoms with Crippen molar-refractivity contribution in [2.45, 2.75) is 32.0 Å². The highest BCUT2D eigenvalue weighted by Gasteiger charge is 2.27. The summed E-state index contributed by atoms with van der Waals surface area (Å²) < 4.78 is 48.7. The van der Waals surface area contributed by atoms with Gasteiger partial charge in [-0.1, -0.05) is 47.5 Å². The van der Waals surface area contributed by atoms with Gasteiger partial charge in [0.1, 0.15) is 21.0 Å². The van der Waals surface area contributed by atoms with Gasteiger partial charge in [-0.05, 0) is 54.0 Å². The van der Waals surface area contributed by atoms with Crippen molar-refractivity contribution in [3.63, 3.8) is 0 Å². The largest absolute Gasteiger partial charge is 0.619 e. The summed E-state index contributed by atoms with van der Waals surface area (Å²) >= 11 is 13.8. The van der Waals surface area contributed by atoms with Crippen LogP contribution in [-0.4, -0.2) is 31.8 Å². The normalized spacial score (nSPS) is 13.6. The first kappa shape index (κ1) is 29.8. The fourth-order valence-corrected chi connectivity index (χ4v) is 5.69. The lowest BCUT2D eigenvalue weighted by Crippen LogP contribution is -2.26. The van der Waals surface area contributed by atoms with E-state index >= 15 is 0 Å². The molecule has 0 spiro atoms. The molecule has 5 rings (SSSR count). The molecule has 2 aromatic carbocycles. The average molecular weight is 638 g/mol. The Bertz CT molecular complexity index is 1560. The molecule has 13 heteroatoms. The number of halogens is 4. The zero-order valence-corrected chi connectivity index (χ0v) is 24.1.